The van der Waals surface area contributed by atoms with Crippen LogP contribution in [0.25, 0.3) is 0 Å². The van der Waals surface area contributed by atoms with Gasteiger partial charge in [-0.15, -0.1) is 0 Å². The van der Waals surface area contributed by atoms with E-state index in [4.69, 9.17) is 0 Å². The minimum atomic E-state index is 0.717. The molecule has 0 aliphatic carbocycles. The Morgan fingerprint density at radius 1 is 1.14 bits per heavy atom. The van der Waals surface area contributed by atoms with Gasteiger partial charge < -0.3 is 15.1 Å². The van der Waals surface area contributed by atoms with Crippen molar-refractivity contribution in [3.63, 3.8) is 0 Å². The lowest BCUT2D eigenvalue weighted by Gasteiger charge is -2.40. The Kier molecular flexibility index (Phi) is 4.81. The summed E-state index contributed by atoms with van der Waals surface area (Å²) < 4.78 is 0. The first kappa shape index (κ1) is 14.9. The summed E-state index contributed by atoms with van der Waals surface area (Å²) in [5, 5.41) is 3.56. The first-order valence-corrected chi connectivity index (χ1v) is 8.51. The molecule has 0 radical (unpaired) electrons. The minimum absolute atomic E-state index is 0.717. The van der Waals surface area contributed by atoms with Gasteiger partial charge in [0.2, 0.25) is 0 Å². The Morgan fingerprint density at radius 3 is 2.67 bits per heavy atom. The second-order valence-corrected chi connectivity index (χ2v) is 6.92. The Balaban J connectivity index is 1.67. The van der Waals surface area contributed by atoms with E-state index in [0.29, 0.717) is 0 Å². The number of likely N-dealkylation sites (tertiary alicyclic amines) is 1. The quantitative estimate of drug-likeness (QED) is 0.922. The number of hydrogen-bond acceptors (Lipinski definition) is 3. The van der Waals surface area contributed by atoms with Crippen molar-refractivity contribution in [3.8, 4) is 0 Å². The molecule has 2 aliphatic rings. The number of nitrogens with zero attached hydrogens (tertiary/aromatic N) is 2. The molecule has 3 heteroatoms. The standard InChI is InChI=1S/C18H29N3/c1-15(2)14-20-10-7-17(8-11-20)21-12-9-19-13-16-5-3-4-6-18(16)21/h3-6,15,17,19H,7-14H2,1-2H3. The van der Waals surface area contributed by atoms with E-state index in [1.54, 1.807) is 0 Å². The molecule has 1 fully saturated rings. The molecule has 0 atom stereocenters. The van der Waals surface area contributed by atoms with Gasteiger partial charge in [-0.3, -0.25) is 0 Å². The lowest BCUT2D eigenvalue weighted by atomic mass is 10.0. The van der Waals surface area contributed by atoms with Gasteiger partial charge in [-0.05, 0) is 30.4 Å². The Hall–Kier alpha value is -1.06. The number of hydrogen-bond donors (Lipinski definition) is 1. The van der Waals surface area contributed by atoms with Crippen LogP contribution < -0.4 is 10.2 Å². The third kappa shape index (κ3) is 3.58. The van der Waals surface area contributed by atoms with Crippen molar-refractivity contribution in [1.29, 1.82) is 0 Å². The Morgan fingerprint density at radius 2 is 1.90 bits per heavy atom. The van der Waals surface area contributed by atoms with E-state index < -0.39 is 0 Å². The molecule has 0 aromatic heterocycles. The van der Waals surface area contributed by atoms with Gasteiger partial charge in [-0.25, -0.2) is 0 Å². The molecule has 2 heterocycles. The summed E-state index contributed by atoms with van der Waals surface area (Å²) in [5.41, 5.74) is 2.92. The molecule has 1 aromatic carbocycles. The molecule has 0 spiro atoms. The van der Waals surface area contributed by atoms with E-state index in [0.717, 1.165) is 31.6 Å². The summed E-state index contributed by atoms with van der Waals surface area (Å²) in [6.07, 6.45) is 2.61. The molecule has 3 rings (SSSR count). The second kappa shape index (κ2) is 6.80. The smallest absolute Gasteiger partial charge is 0.0414 e. The van der Waals surface area contributed by atoms with E-state index >= 15 is 0 Å². The minimum Gasteiger partial charge on any atom is -0.367 e. The highest BCUT2D eigenvalue weighted by Crippen LogP contribution is 2.28. The molecular formula is C18H29N3. The highest BCUT2D eigenvalue weighted by molar-refractivity contribution is 5.55. The number of para-hydroxylation sites is 1. The largest absolute Gasteiger partial charge is 0.367 e. The summed E-state index contributed by atoms with van der Waals surface area (Å²) in [6, 6.07) is 9.65. The third-order valence-electron chi connectivity index (χ3n) is 4.77. The molecule has 116 valence electrons. The fraction of sp³-hybridized carbons (Fsp3) is 0.667. The van der Waals surface area contributed by atoms with Gasteiger partial charge in [0.1, 0.15) is 0 Å². The first-order chi connectivity index (χ1) is 10.2. The van der Waals surface area contributed by atoms with Gasteiger partial charge >= 0.3 is 0 Å². The van der Waals surface area contributed by atoms with Gasteiger partial charge in [-0.2, -0.15) is 0 Å². The maximum Gasteiger partial charge on any atom is 0.0414 e. The zero-order valence-corrected chi connectivity index (χ0v) is 13.5. The monoisotopic (exact) mass is 287 g/mol. The van der Waals surface area contributed by atoms with Crippen LogP contribution in [0.15, 0.2) is 24.3 Å². The molecule has 2 aliphatic heterocycles. The van der Waals surface area contributed by atoms with Gasteiger partial charge in [-0.1, -0.05) is 32.0 Å². The van der Waals surface area contributed by atoms with Crippen LogP contribution in [0.5, 0.6) is 0 Å². The van der Waals surface area contributed by atoms with Crippen molar-refractivity contribution in [1.82, 2.24) is 10.2 Å². The average Bonchev–Trinajstić information content (AvgIpc) is 2.70. The van der Waals surface area contributed by atoms with Gasteiger partial charge in [0.15, 0.2) is 0 Å². The summed E-state index contributed by atoms with van der Waals surface area (Å²) in [4.78, 5) is 5.31. The summed E-state index contributed by atoms with van der Waals surface area (Å²) in [7, 11) is 0. The molecule has 1 aromatic rings. The van der Waals surface area contributed by atoms with Crippen LogP contribution in [-0.4, -0.2) is 43.7 Å². The zero-order valence-electron chi connectivity index (χ0n) is 13.5. The number of benzene rings is 1. The van der Waals surface area contributed by atoms with E-state index in [-0.39, 0.29) is 0 Å². The van der Waals surface area contributed by atoms with Crippen LogP contribution >= 0.6 is 0 Å². The molecule has 1 saturated heterocycles. The van der Waals surface area contributed by atoms with E-state index in [2.05, 4.69) is 53.2 Å². The van der Waals surface area contributed by atoms with E-state index in [1.807, 2.05) is 0 Å². The maximum atomic E-state index is 3.56. The topological polar surface area (TPSA) is 18.5 Å². The van der Waals surface area contributed by atoms with Gasteiger partial charge in [0.25, 0.3) is 0 Å². The molecule has 0 amide bonds. The van der Waals surface area contributed by atoms with Crippen LogP contribution in [0.1, 0.15) is 32.3 Å². The lowest BCUT2D eigenvalue weighted by Crippen LogP contribution is -2.47. The average molecular weight is 287 g/mol. The predicted octanol–water partition coefficient (Wildman–Crippen LogP) is 2.72. The van der Waals surface area contributed by atoms with E-state index in [9.17, 15) is 0 Å². The van der Waals surface area contributed by atoms with Crippen LogP contribution in [-0.2, 0) is 6.54 Å². The van der Waals surface area contributed by atoms with Crippen LogP contribution in [0.2, 0.25) is 0 Å². The number of nitrogens with one attached hydrogen (secondary N) is 1. The SMILES string of the molecule is CC(C)CN1CCC(N2CCNCc3ccccc32)CC1. The Labute approximate surface area is 129 Å². The van der Waals surface area contributed by atoms with Crippen molar-refractivity contribution in [2.45, 2.75) is 39.3 Å². The molecule has 3 nitrogen and oxygen atoms in total. The summed E-state index contributed by atoms with van der Waals surface area (Å²) in [6.45, 7) is 11.7. The molecule has 1 N–H and O–H groups in total. The van der Waals surface area contributed by atoms with Crippen LogP contribution in [0, 0.1) is 5.92 Å². The Bertz CT molecular complexity index is 450. The summed E-state index contributed by atoms with van der Waals surface area (Å²) >= 11 is 0. The van der Waals surface area contributed by atoms with Gasteiger partial charge in [0.05, 0.1) is 0 Å². The lowest BCUT2D eigenvalue weighted by molar-refractivity contribution is 0.189. The zero-order chi connectivity index (χ0) is 14.7. The number of anilines is 1. The fourth-order valence-electron chi connectivity index (χ4n) is 3.79. The van der Waals surface area contributed by atoms with Crippen molar-refractivity contribution in [2.24, 2.45) is 5.92 Å². The normalized spacial score (nSPS) is 21.4. The number of piperidine rings is 1. The van der Waals surface area contributed by atoms with Crippen LogP contribution in [0.3, 0.4) is 0 Å². The second-order valence-electron chi connectivity index (χ2n) is 6.92. The third-order valence-corrected chi connectivity index (χ3v) is 4.77. The fourth-order valence-corrected chi connectivity index (χ4v) is 3.79. The first-order valence-electron chi connectivity index (χ1n) is 8.51. The predicted molar refractivity (Wildman–Crippen MR) is 89.8 cm³/mol. The van der Waals surface area contributed by atoms with Crippen molar-refractivity contribution in [2.75, 3.05) is 37.6 Å². The van der Waals surface area contributed by atoms with Crippen molar-refractivity contribution in [3.05, 3.63) is 29.8 Å². The highest BCUT2D eigenvalue weighted by Gasteiger charge is 2.26. The molecular weight excluding hydrogens is 258 g/mol. The van der Waals surface area contributed by atoms with E-state index in [1.165, 1.54) is 43.7 Å². The van der Waals surface area contributed by atoms with Crippen molar-refractivity contribution < 1.29 is 0 Å². The number of rotatable bonds is 3. The molecule has 0 saturated carbocycles. The van der Waals surface area contributed by atoms with Crippen molar-refractivity contribution >= 4 is 5.69 Å². The highest BCUT2D eigenvalue weighted by atomic mass is 15.2. The summed E-state index contributed by atoms with van der Waals surface area (Å²) in [5.74, 6) is 0.782. The maximum absolute atomic E-state index is 3.56. The van der Waals surface area contributed by atoms with Gasteiger partial charge in [0, 0.05) is 51.0 Å². The molecule has 0 unspecified atom stereocenters. The van der Waals surface area contributed by atoms with Crippen LogP contribution in [0.4, 0.5) is 5.69 Å². The number of fused-ring (bicyclic) bond motifs is 1. The molecule has 21 heavy (non-hydrogen) atoms. The molecule has 0 bridgehead atoms.